The molecule has 1 fully saturated rings. The molecule has 0 aromatic heterocycles. The Morgan fingerprint density at radius 1 is 1.45 bits per heavy atom. The van der Waals surface area contributed by atoms with E-state index in [2.05, 4.69) is 28.4 Å². The van der Waals surface area contributed by atoms with Crippen molar-refractivity contribution in [3.8, 4) is 0 Å². The normalized spacial score (nSPS) is 25.6. The minimum Gasteiger partial charge on any atom is -0.342 e. The molecule has 2 aliphatic rings. The molecular formula is C16H22N2OS. The summed E-state index contributed by atoms with van der Waals surface area (Å²) >= 11 is 1.82. The van der Waals surface area contributed by atoms with Crippen LogP contribution in [0.2, 0.25) is 0 Å². The van der Waals surface area contributed by atoms with Crippen molar-refractivity contribution in [2.24, 2.45) is 5.92 Å². The number of nitrogens with zero attached hydrogens (tertiary/aromatic N) is 1. The molecule has 1 saturated heterocycles. The Labute approximate surface area is 125 Å². The van der Waals surface area contributed by atoms with E-state index in [-0.39, 0.29) is 5.92 Å². The van der Waals surface area contributed by atoms with Crippen LogP contribution in [0.5, 0.6) is 0 Å². The van der Waals surface area contributed by atoms with Crippen molar-refractivity contribution in [2.75, 3.05) is 32.4 Å². The van der Waals surface area contributed by atoms with Crippen LogP contribution in [0.1, 0.15) is 24.3 Å². The molecule has 1 amide bonds. The van der Waals surface area contributed by atoms with Crippen LogP contribution in [0, 0.1) is 5.92 Å². The van der Waals surface area contributed by atoms with E-state index >= 15 is 0 Å². The van der Waals surface area contributed by atoms with Crippen LogP contribution in [-0.2, 0) is 4.79 Å². The number of amides is 1. The molecule has 0 radical (unpaired) electrons. The van der Waals surface area contributed by atoms with Gasteiger partial charge in [0.15, 0.2) is 0 Å². The minimum atomic E-state index is 0.0736. The number of hydrogen-bond acceptors (Lipinski definition) is 3. The van der Waals surface area contributed by atoms with Crippen LogP contribution < -0.4 is 5.32 Å². The third-order valence-corrected chi connectivity index (χ3v) is 5.50. The predicted molar refractivity (Wildman–Crippen MR) is 83.1 cm³/mol. The topological polar surface area (TPSA) is 32.3 Å². The van der Waals surface area contributed by atoms with Gasteiger partial charge in [-0.1, -0.05) is 18.2 Å². The van der Waals surface area contributed by atoms with E-state index in [1.807, 2.05) is 24.9 Å². The van der Waals surface area contributed by atoms with Crippen molar-refractivity contribution in [3.63, 3.8) is 0 Å². The van der Waals surface area contributed by atoms with E-state index in [9.17, 15) is 4.79 Å². The molecule has 2 heterocycles. The Bertz CT molecular complexity index is 489. The minimum absolute atomic E-state index is 0.0736. The Balaban J connectivity index is 1.70. The lowest BCUT2D eigenvalue weighted by molar-refractivity contribution is -0.134. The summed E-state index contributed by atoms with van der Waals surface area (Å²) in [5.74, 6) is 1.93. The van der Waals surface area contributed by atoms with Crippen LogP contribution in [0.3, 0.4) is 0 Å². The summed E-state index contributed by atoms with van der Waals surface area (Å²) in [5.41, 5.74) is 1.23. The molecule has 3 nitrogen and oxygen atoms in total. The summed E-state index contributed by atoms with van der Waals surface area (Å²) in [5, 5.41) is 3.24. The second kappa shape index (κ2) is 6.19. The second-order valence-electron chi connectivity index (χ2n) is 5.75. The number of thioether (sulfide) groups is 1. The van der Waals surface area contributed by atoms with E-state index in [4.69, 9.17) is 0 Å². The highest BCUT2D eigenvalue weighted by Crippen LogP contribution is 2.40. The van der Waals surface area contributed by atoms with Gasteiger partial charge in [-0.25, -0.2) is 0 Å². The lowest BCUT2D eigenvalue weighted by Crippen LogP contribution is -2.44. The molecule has 1 aromatic rings. The van der Waals surface area contributed by atoms with Gasteiger partial charge >= 0.3 is 0 Å². The number of carbonyl (C=O) groups excluding carboxylic acids is 1. The molecule has 0 saturated carbocycles. The summed E-state index contributed by atoms with van der Waals surface area (Å²) in [6.45, 7) is 2.87. The summed E-state index contributed by atoms with van der Waals surface area (Å²) < 4.78 is 0. The largest absolute Gasteiger partial charge is 0.342 e. The molecule has 1 N–H and O–H groups in total. The van der Waals surface area contributed by atoms with E-state index in [1.54, 1.807) is 0 Å². The molecule has 0 aliphatic carbocycles. The summed E-state index contributed by atoms with van der Waals surface area (Å²) in [6.07, 6.45) is 2.38. The van der Waals surface area contributed by atoms with Crippen LogP contribution >= 0.6 is 11.8 Å². The molecule has 20 heavy (non-hydrogen) atoms. The second-order valence-corrected chi connectivity index (χ2v) is 6.81. The first-order valence-corrected chi connectivity index (χ1v) is 8.43. The molecule has 4 heteroatoms. The molecular weight excluding hydrogens is 268 g/mol. The van der Waals surface area contributed by atoms with Crippen LogP contribution in [-0.4, -0.2) is 43.2 Å². The lowest BCUT2D eigenvalue weighted by Gasteiger charge is -2.34. The number of nitrogens with one attached hydrogen (secondary N) is 1. The van der Waals surface area contributed by atoms with Gasteiger partial charge in [-0.05, 0) is 44.0 Å². The van der Waals surface area contributed by atoms with Crippen molar-refractivity contribution in [3.05, 3.63) is 29.8 Å². The van der Waals surface area contributed by atoms with Crippen molar-refractivity contribution in [1.29, 1.82) is 0 Å². The Kier molecular flexibility index (Phi) is 4.32. The number of likely N-dealkylation sites (tertiary alicyclic amines) is 1. The number of benzene rings is 1. The van der Waals surface area contributed by atoms with Gasteiger partial charge in [0, 0.05) is 23.7 Å². The van der Waals surface area contributed by atoms with Crippen molar-refractivity contribution in [2.45, 2.75) is 23.7 Å². The van der Waals surface area contributed by atoms with Crippen LogP contribution in [0.25, 0.3) is 0 Å². The molecule has 3 rings (SSSR count). The smallest absolute Gasteiger partial charge is 0.231 e. The average Bonchev–Trinajstić information content (AvgIpc) is 2.91. The zero-order valence-corrected chi connectivity index (χ0v) is 12.8. The van der Waals surface area contributed by atoms with Gasteiger partial charge in [-0.2, -0.15) is 0 Å². The number of piperidine rings is 1. The maximum atomic E-state index is 12.8. The Morgan fingerprint density at radius 3 is 3.15 bits per heavy atom. The number of rotatable bonds is 3. The maximum Gasteiger partial charge on any atom is 0.231 e. The summed E-state index contributed by atoms with van der Waals surface area (Å²) in [7, 11) is 1.99. The van der Waals surface area contributed by atoms with E-state index < -0.39 is 0 Å². The first-order chi connectivity index (χ1) is 9.79. The first-order valence-electron chi connectivity index (χ1n) is 7.44. The van der Waals surface area contributed by atoms with E-state index in [1.165, 1.54) is 16.9 Å². The SMILES string of the molecule is CNC[C@H]1CCCN(C(=O)[C@H]2CSc3ccccc32)C1. The van der Waals surface area contributed by atoms with Gasteiger partial charge in [0.2, 0.25) is 5.91 Å². The number of fused-ring (bicyclic) bond motifs is 1. The fraction of sp³-hybridized carbons (Fsp3) is 0.562. The molecule has 0 spiro atoms. The number of hydrogen-bond donors (Lipinski definition) is 1. The molecule has 2 aliphatic heterocycles. The third-order valence-electron chi connectivity index (χ3n) is 4.32. The predicted octanol–water partition coefficient (Wildman–Crippen LogP) is 2.33. The molecule has 0 bridgehead atoms. The van der Waals surface area contributed by atoms with Gasteiger partial charge in [0.1, 0.15) is 0 Å². The fourth-order valence-electron chi connectivity index (χ4n) is 3.31. The van der Waals surface area contributed by atoms with Gasteiger partial charge in [0.05, 0.1) is 5.92 Å². The average molecular weight is 290 g/mol. The van der Waals surface area contributed by atoms with Gasteiger partial charge in [-0.15, -0.1) is 11.8 Å². The highest BCUT2D eigenvalue weighted by atomic mass is 32.2. The molecule has 1 aromatic carbocycles. The van der Waals surface area contributed by atoms with E-state index in [0.717, 1.165) is 31.8 Å². The number of carbonyl (C=O) groups is 1. The molecule has 2 atom stereocenters. The monoisotopic (exact) mass is 290 g/mol. The third kappa shape index (κ3) is 2.72. The molecule has 0 unspecified atom stereocenters. The Morgan fingerprint density at radius 2 is 2.30 bits per heavy atom. The first kappa shape index (κ1) is 14.0. The lowest BCUT2D eigenvalue weighted by atomic mass is 9.94. The highest BCUT2D eigenvalue weighted by Gasteiger charge is 2.33. The fourth-order valence-corrected chi connectivity index (χ4v) is 4.53. The van der Waals surface area contributed by atoms with Crippen molar-refractivity contribution >= 4 is 17.7 Å². The van der Waals surface area contributed by atoms with Crippen LogP contribution in [0.15, 0.2) is 29.2 Å². The van der Waals surface area contributed by atoms with Crippen molar-refractivity contribution < 1.29 is 4.79 Å². The molecule has 108 valence electrons. The van der Waals surface area contributed by atoms with Crippen molar-refractivity contribution in [1.82, 2.24) is 10.2 Å². The van der Waals surface area contributed by atoms with Gasteiger partial charge < -0.3 is 10.2 Å². The van der Waals surface area contributed by atoms with Crippen LogP contribution in [0.4, 0.5) is 0 Å². The van der Waals surface area contributed by atoms with Gasteiger partial charge in [0.25, 0.3) is 0 Å². The highest BCUT2D eigenvalue weighted by molar-refractivity contribution is 7.99. The summed E-state index contributed by atoms with van der Waals surface area (Å²) in [4.78, 5) is 16.2. The summed E-state index contributed by atoms with van der Waals surface area (Å²) in [6, 6.07) is 8.35. The zero-order chi connectivity index (χ0) is 13.9. The van der Waals surface area contributed by atoms with Gasteiger partial charge in [-0.3, -0.25) is 4.79 Å². The van der Waals surface area contributed by atoms with E-state index in [0.29, 0.717) is 11.8 Å². The maximum absolute atomic E-state index is 12.8. The zero-order valence-electron chi connectivity index (χ0n) is 12.0. The standard InChI is InChI=1S/C16H22N2OS/c1-17-9-12-5-4-8-18(10-12)16(19)14-11-20-15-7-3-2-6-13(14)15/h2-3,6-7,12,14,17H,4-5,8-11H2,1H3/t12-,14+/m1/s1. The Hall–Kier alpha value is -1.00. The quantitative estimate of drug-likeness (QED) is 0.927.